The Balaban J connectivity index is 1.31. The molecule has 7 heteroatoms. The van der Waals surface area contributed by atoms with Gasteiger partial charge in [-0.1, -0.05) is 6.07 Å². The number of pyridine rings is 1. The molecule has 134 valence electrons. The van der Waals surface area contributed by atoms with Gasteiger partial charge in [0.2, 0.25) is 5.89 Å². The van der Waals surface area contributed by atoms with Gasteiger partial charge in [0.05, 0.1) is 11.6 Å². The van der Waals surface area contributed by atoms with Gasteiger partial charge in [0.15, 0.2) is 0 Å². The van der Waals surface area contributed by atoms with Gasteiger partial charge in [-0.05, 0) is 49.9 Å². The molecule has 1 aliphatic rings. The number of amides is 1. The van der Waals surface area contributed by atoms with Gasteiger partial charge in [0.25, 0.3) is 0 Å². The van der Waals surface area contributed by atoms with E-state index in [9.17, 15) is 4.79 Å². The van der Waals surface area contributed by atoms with Crippen LogP contribution >= 0.6 is 0 Å². The molecule has 0 radical (unpaired) electrons. The van der Waals surface area contributed by atoms with Crippen molar-refractivity contribution >= 4 is 16.8 Å². The van der Waals surface area contributed by atoms with E-state index in [1.54, 1.807) is 13.1 Å². The lowest BCUT2D eigenvalue weighted by molar-refractivity contribution is 0.0859. The molecule has 1 aromatic carbocycles. The molecule has 1 aliphatic carbocycles. The van der Waals surface area contributed by atoms with Crippen LogP contribution in [-0.2, 0) is 0 Å². The Bertz CT molecular complexity index is 916. The molecule has 0 bridgehead atoms. The van der Waals surface area contributed by atoms with Gasteiger partial charge in [-0.25, -0.2) is 0 Å². The summed E-state index contributed by atoms with van der Waals surface area (Å²) in [6.45, 7) is 1.66. The van der Waals surface area contributed by atoms with E-state index in [2.05, 4.69) is 20.5 Å². The van der Waals surface area contributed by atoms with E-state index >= 15 is 0 Å². The zero-order chi connectivity index (χ0) is 17.9. The number of fused-ring (bicyclic) bond motifs is 1. The van der Waals surface area contributed by atoms with Gasteiger partial charge in [-0.15, -0.1) is 10.2 Å². The monoisotopic (exact) mass is 352 g/mol. The molecule has 0 spiro atoms. The summed E-state index contributed by atoms with van der Waals surface area (Å²) in [4.78, 5) is 16.4. The summed E-state index contributed by atoms with van der Waals surface area (Å²) >= 11 is 0. The first kappa shape index (κ1) is 16.5. The molecule has 4 rings (SSSR count). The summed E-state index contributed by atoms with van der Waals surface area (Å²) in [5, 5.41) is 11.5. The Morgan fingerprint density at radius 1 is 1.19 bits per heavy atom. The number of nitrogens with one attached hydrogen (secondary N) is 1. The number of nitrogens with zero attached hydrogens (tertiary/aromatic N) is 3. The van der Waals surface area contributed by atoms with Gasteiger partial charge in [0, 0.05) is 24.5 Å². The molecule has 1 saturated carbocycles. The molecule has 0 atom stereocenters. The fourth-order valence-corrected chi connectivity index (χ4v) is 3.28. The number of aryl methyl sites for hydroxylation is 1. The van der Waals surface area contributed by atoms with Gasteiger partial charge < -0.3 is 14.5 Å². The molecule has 3 aromatic rings. The number of carbonyl (C=O) groups is 1. The summed E-state index contributed by atoms with van der Waals surface area (Å²) in [6.07, 6.45) is 5.44. The van der Waals surface area contributed by atoms with E-state index < -0.39 is 0 Å². The number of aromatic nitrogens is 3. The number of rotatable bonds is 4. The number of carbonyl (C=O) groups excluding carboxylic acids is 1. The third-order valence-electron chi connectivity index (χ3n) is 4.61. The number of ether oxygens (including phenoxy) is 1. The Morgan fingerprint density at radius 3 is 2.81 bits per heavy atom. The van der Waals surface area contributed by atoms with Crippen LogP contribution in [0, 0.1) is 6.92 Å². The molecular formula is C19H20N4O3. The van der Waals surface area contributed by atoms with E-state index in [1.807, 2.05) is 30.3 Å². The zero-order valence-corrected chi connectivity index (χ0v) is 14.5. The van der Waals surface area contributed by atoms with E-state index in [-0.39, 0.29) is 23.9 Å². The maximum atomic E-state index is 12.1. The largest absolute Gasteiger partial charge is 0.490 e. The van der Waals surface area contributed by atoms with E-state index in [0.717, 1.165) is 42.3 Å². The molecule has 26 heavy (non-hydrogen) atoms. The number of hydrogen-bond acceptors (Lipinski definition) is 6. The Hall–Kier alpha value is -2.96. The lowest BCUT2D eigenvalue weighted by atomic mass is 9.93. The normalized spacial score (nSPS) is 20.0. The van der Waals surface area contributed by atoms with Crippen molar-refractivity contribution in [2.75, 3.05) is 0 Å². The molecule has 1 fully saturated rings. The average molecular weight is 352 g/mol. The average Bonchev–Trinajstić information content (AvgIpc) is 3.10. The van der Waals surface area contributed by atoms with Gasteiger partial charge >= 0.3 is 11.8 Å². The highest BCUT2D eigenvalue weighted by Gasteiger charge is 2.25. The molecule has 2 aromatic heterocycles. The van der Waals surface area contributed by atoms with Crippen LogP contribution in [0.5, 0.6) is 5.75 Å². The van der Waals surface area contributed by atoms with E-state index in [1.165, 1.54) is 0 Å². The third kappa shape index (κ3) is 3.66. The number of hydrogen-bond donors (Lipinski definition) is 1. The highest BCUT2D eigenvalue weighted by Crippen LogP contribution is 2.26. The maximum Gasteiger partial charge on any atom is 0.309 e. The predicted octanol–water partition coefficient (Wildman–Crippen LogP) is 3.05. The molecule has 0 saturated heterocycles. The van der Waals surface area contributed by atoms with Crippen molar-refractivity contribution < 1.29 is 13.9 Å². The Labute approximate surface area is 150 Å². The van der Waals surface area contributed by atoms with E-state index in [4.69, 9.17) is 9.15 Å². The molecule has 2 heterocycles. The quantitative estimate of drug-likeness (QED) is 0.776. The van der Waals surface area contributed by atoms with Crippen LogP contribution in [0.25, 0.3) is 10.9 Å². The van der Waals surface area contributed by atoms with Crippen LogP contribution in [0.15, 0.2) is 40.9 Å². The standard InChI is InChI=1S/C19H20N4O3/c1-12-22-23-19(25-12)18(24)21-14-4-6-15(7-5-14)26-16-8-9-17-13(11-16)3-2-10-20-17/h2-3,8-11,14-15H,4-7H2,1H3,(H,21,24). The highest BCUT2D eigenvalue weighted by atomic mass is 16.5. The van der Waals surface area contributed by atoms with Crippen LogP contribution in [-0.4, -0.2) is 33.2 Å². The molecular weight excluding hydrogens is 332 g/mol. The van der Waals surface area contributed by atoms with Crippen LogP contribution in [0.4, 0.5) is 0 Å². The minimum Gasteiger partial charge on any atom is -0.490 e. The van der Waals surface area contributed by atoms with Crippen molar-refractivity contribution in [1.82, 2.24) is 20.5 Å². The topological polar surface area (TPSA) is 90.1 Å². The van der Waals surface area contributed by atoms with E-state index in [0.29, 0.717) is 5.89 Å². The van der Waals surface area contributed by atoms with Crippen molar-refractivity contribution in [3.05, 3.63) is 48.3 Å². The van der Waals surface area contributed by atoms with Crippen LogP contribution in [0.3, 0.4) is 0 Å². The smallest absolute Gasteiger partial charge is 0.309 e. The predicted molar refractivity (Wildman–Crippen MR) is 94.9 cm³/mol. The van der Waals surface area contributed by atoms with Crippen LogP contribution < -0.4 is 10.1 Å². The van der Waals surface area contributed by atoms with Crippen molar-refractivity contribution in [1.29, 1.82) is 0 Å². The molecule has 1 N–H and O–H groups in total. The first-order valence-corrected chi connectivity index (χ1v) is 8.80. The first-order valence-electron chi connectivity index (χ1n) is 8.80. The van der Waals surface area contributed by atoms with Crippen molar-refractivity contribution in [3.63, 3.8) is 0 Å². The second kappa shape index (κ2) is 7.11. The zero-order valence-electron chi connectivity index (χ0n) is 14.5. The Kier molecular flexibility index (Phi) is 4.51. The maximum absolute atomic E-state index is 12.1. The molecule has 0 unspecified atom stereocenters. The van der Waals surface area contributed by atoms with Crippen molar-refractivity contribution in [2.45, 2.75) is 44.8 Å². The van der Waals surface area contributed by atoms with Gasteiger partial charge in [0.1, 0.15) is 5.75 Å². The summed E-state index contributed by atoms with van der Waals surface area (Å²) in [5.74, 6) is 0.958. The fraction of sp³-hybridized carbons (Fsp3) is 0.368. The second-order valence-corrected chi connectivity index (χ2v) is 6.55. The molecule has 7 nitrogen and oxygen atoms in total. The SMILES string of the molecule is Cc1nnc(C(=O)NC2CCC(Oc3ccc4ncccc4c3)CC2)o1. The molecule has 0 aliphatic heterocycles. The minimum atomic E-state index is -0.308. The number of benzene rings is 1. The van der Waals surface area contributed by atoms with Crippen molar-refractivity contribution in [3.8, 4) is 5.75 Å². The summed E-state index contributed by atoms with van der Waals surface area (Å²) in [7, 11) is 0. The Morgan fingerprint density at radius 2 is 2.04 bits per heavy atom. The second-order valence-electron chi connectivity index (χ2n) is 6.55. The lowest BCUT2D eigenvalue weighted by Gasteiger charge is -2.29. The fourth-order valence-electron chi connectivity index (χ4n) is 3.28. The third-order valence-corrected chi connectivity index (χ3v) is 4.61. The van der Waals surface area contributed by atoms with Gasteiger partial charge in [-0.2, -0.15) is 0 Å². The highest BCUT2D eigenvalue weighted by molar-refractivity contribution is 5.89. The summed E-state index contributed by atoms with van der Waals surface area (Å²) in [5.41, 5.74) is 0.961. The van der Waals surface area contributed by atoms with Crippen LogP contribution in [0.2, 0.25) is 0 Å². The lowest BCUT2D eigenvalue weighted by Crippen LogP contribution is -2.39. The summed E-state index contributed by atoms with van der Waals surface area (Å²) < 4.78 is 11.3. The minimum absolute atomic E-state index is 0.0191. The van der Waals surface area contributed by atoms with Gasteiger partial charge in [-0.3, -0.25) is 9.78 Å². The first-order chi connectivity index (χ1) is 12.7. The summed E-state index contributed by atoms with van der Waals surface area (Å²) in [6, 6.07) is 10.0. The van der Waals surface area contributed by atoms with Crippen LogP contribution in [0.1, 0.15) is 42.3 Å². The molecule has 1 amide bonds. The van der Waals surface area contributed by atoms with Crippen molar-refractivity contribution in [2.24, 2.45) is 0 Å².